The van der Waals surface area contributed by atoms with Gasteiger partial charge in [0.15, 0.2) is 0 Å². The van der Waals surface area contributed by atoms with Crippen LogP contribution in [0.3, 0.4) is 0 Å². The minimum Gasteiger partial charge on any atom is -0.494 e. The molecule has 0 radical (unpaired) electrons. The Morgan fingerprint density at radius 3 is 2.94 bits per heavy atom. The van der Waals surface area contributed by atoms with Crippen LogP contribution in [-0.2, 0) is 13.6 Å². The zero-order chi connectivity index (χ0) is 12.3. The van der Waals surface area contributed by atoms with Gasteiger partial charge in [0.1, 0.15) is 11.6 Å². The Hall–Kier alpha value is -2.11. The van der Waals surface area contributed by atoms with Crippen LogP contribution in [0, 0.1) is 5.82 Å². The average Bonchev–Trinajstić information content (AvgIpc) is 2.73. The van der Waals surface area contributed by atoms with Gasteiger partial charge in [-0.25, -0.2) is 4.39 Å². The molecule has 0 aliphatic carbocycles. The quantitative estimate of drug-likeness (QED) is 0.875. The predicted molar refractivity (Wildman–Crippen MR) is 61.3 cm³/mol. The van der Waals surface area contributed by atoms with E-state index in [1.54, 1.807) is 16.9 Å². The number of hydrogen-bond donors (Lipinski definition) is 1. The van der Waals surface area contributed by atoms with Gasteiger partial charge >= 0.3 is 0 Å². The molecule has 0 aliphatic rings. The lowest BCUT2D eigenvalue weighted by Crippen LogP contribution is -2.06. The Kier molecular flexibility index (Phi) is 3.22. The van der Waals surface area contributed by atoms with E-state index in [2.05, 4.69) is 15.6 Å². The SMILES string of the molecule is COc1cc(F)ccc1NCc1cnnn1C. The molecule has 0 saturated carbocycles. The van der Waals surface area contributed by atoms with Crippen LogP contribution in [0.2, 0.25) is 0 Å². The average molecular weight is 236 g/mol. The summed E-state index contributed by atoms with van der Waals surface area (Å²) in [5.41, 5.74) is 1.66. The van der Waals surface area contributed by atoms with Gasteiger partial charge in [-0.1, -0.05) is 5.21 Å². The van der Waals surface area contributed by atoms with E-state index in [0.29, 0.717) is 12.3 Å². The molecule has 0 saturated heterocycles. The lowest BCUT2D eigenvalue weighted by atomic mass is 10.2. The summed E-state index contributed by atoms with van der Waals surface area (Å²) in [7, 11) is 3.32. The van der Waals surface area contributed by atoms with Gasteiger partial charge < -0.3 is 10.1 Å². The maximum absolute atomic E-state index is 13.0. The summed E-state index contributed by atoms with van der Waals surface area (Å²) in [6.45, 7) is 0.547. The first-order valence-corrected chi connectivity index (χ1v) is 5.11. The third-order valence-electron chi connectivity index (χ3n) is 2.43. The van der Waals surface area contributed by atoms with Gasteiger partial charge in [-0.2, -0.15) is 0 Å². The Bertz CT molecular complexity index is 512. The van der Waals surface area contributed by atoms with Gasteiger partial charge in [-0.3, -0.25) is 4.68 Å². The van der Waals surface area contributed by atoms with E-state index in [1.807, 2.05) is 7.05 Å². The summed E-state index contributed by atoms with van der Waals surface area (Å²) in [5.74, 6) is 0.148. The fraction of sp³-hybridized carbons (Fsp3) is 0.273. The summed E-state index contributed by atoms with van der Waals surface area (Å²) in [6, 6.07) is 4.36. The van der Waals surface area contributed by atoms with E-state index in [0.717, 1.165) is 11.4 Å². The molecule has 1 N–H and O–H groups in total. The number of halogens is 1. The smallest absolute Gasteiger partial charge is 0.144 e. The van der Waals surface area contributed by atoms with Crippen molar-refractivity contribution in [3.63, 3.8) is 0 Å². The largest absolute Gasteiger partial charge is 0.494 e. The molecule has 1 aromatic carbocycles. The molecule has 0 bridgehead atoms. The second-order valence-corrected chi connectivity index (χ2v) is 3.55. The summed E-state index contributed by atoms with van der Waals surface area (Å²) in [6.07, 6.45) is 1.67. The monoisotopic (exact) mass is 236 g/mol. The highest BCUT2D eigenvalue weighted by atomic mass is 19.1. The van der Waals surface area contributed by atoms with Crippen molar-refractivity contribution in [3.8, 4) is 5.75 Å². The Balaban J connectivity index is 2.11. The second kappa shape index (κ2) is 4.82. The standard InChI is InChI=1S/C11H13FN4O/c1-16-9(7-14-15-16)6-13-10-4-3-8(12)5-11(10)17-2/h3-5,7,13H,6H2,1-2H3. The van der Waals surface area contributed by atoms with Crippen LogP contribution in [-0.4, -0.2) is 22.1 Å². The lowest BCUT2D eigenvalue weighted by Gasteiger charge is -2.10. The number of benzene rings is 1. The zero-order valence-electron chi connectivity index (χ0n) is 9.64. The Labute approximate surface area is 98.2 Å². The van der Waals surface area contributed by atoms with E-state index in [1.165, 1.54) is 19.2 Å². The van der Waals surface area contributed by atoms with Crippen LogP contribution < -0.4 is 10.1 Å². The molecular formula is C11H13FN4O. The molecule has 2 rings (SSSR count). The fourth-order valence-corrected chi connectivity index (χ4v) is 1.47. The predicted octanol–water partition coefficient (Wildman–Crippen LogP) is 1.57. The second-order valence-electron chi connectivity index (χ2n) is 3.55. The van der Waals surface area contributed by atoms with Gasteiger partial charge in [-0.15, -0.1) is 5.10 Å². The number of anilines is 1. The first-order chi connectivity index (χ1) is 8.20. The molecule has 1 aromatic heterocycles. The molecule has 1 heterocycles. The van der Waals surface area contributed by atoms with Crippen molar-refractivity contribution < 1.29 is 9.13 Å². The topological polar surface area (TPSA) is 52.0 Å². The number of rotatable bonds is 4. The zero-order valence-corrected chi connectivity index (χ0v) is 9.64. The van der Waals surface area contributed by atoms with Crippen molar-refractivity contribution in [2.24, 2.45) is 7.05 Å². The van der Waals surface area contributed by atoms with Crippen LogP contribution in [0.1, 0.15) is 5.69 Å². The van der Waals surface area contributed by atoms with Gasteiger partial charge in [0, 0.05) is 13.1 Å². The Morgan fingerprint density at radius 2 is 2.29 bits per heavy atom. The molecule has 90 valence electrons. The fourth-order valence-electron chi connectivity index (χ4n) is 1.47. The normalized spacial score (nSPS) is 10.3. The summed E-state index contributed by atoms with van der Waals surface area (Å²) in [5, 5.41) is 10.7. The van der Waals surface area contributed by atoms with Gasteiger partial charge in [0.2, 0.25) is 0 Å². The number of hydrogen-bond acceptors (Lipinski definition) is 4. The molecular weight excluding hydrogens is 223 g/mol. The number of ether oxygens (including phenoxy) is 1. The van der Waals surface area contributed by atoms with E-state index >= 15 is 0 Å². The van der Waals surface area contributed by atoms with Crippen molar-refractivity contribution in [3.05, 3.63) is 35.9 Å². The number of methoxy groups -OCH3 is 1. The van der Waals surface area contributed by atoms with Gasteiger partial charge in [-0.05, 0) is 12.1 Å². The van der Waals surface area contributed by atoms with E-state index in [4.69, 9.17) is 4.74 Å². The minimum absolute atomic E-state index is 0.324. The summed E-state index contributed by atoms with van der Waals surface area (Å²) < 4.78 is 19.7. The third kappa shape index (κ3) is 2.52. The summed E-state index contributed by atoms with van der Waals surface area (Å²) >= 11 is 0. The number of nitrogens with zero attached hydrogens (tertiary/aromatic N) is 3. The first kappa shape index (κ1) is 11.4. The lowest BCUT2D eigenvalue weighted by molar-refractivity contribution is 0.413. The van der Waals surface area contributed by atoms with Crippen LogP contribution >= 0.6 is 0 Å². The molecule has 2 aromatic rings. The van der Waals surface area contributed by atoms with Crippen LogP contribution in [0.5, 0.6) is 5.75 Å². The first-order valence-electron chi connectivity index (χ1n) is 5.11. The Morgan fingerprint density at radius 1 is 1.47 bits per heavy atom. The van der Waals surface area contributed by atoms with E-state index in [-0.39, 0.29) is 5.82 Å². The maximum Gasteiger partial charge on any atom is 0.144 e. The number of aryl methyl sites for hydroxylation is 1. The van der Waals surface area contributed by atoms with Gasteiger partial charge in [0.25, 0.3) is 0 Å². The van der Waals surface area contributed by atoms with E-state index < -0.39 is 0 Å². The molecule has 0 fully saturated rings. The molecule has 0 aliphatic heterocycles. The maximum atomic E-state index is 13.0. The molecule has 0 atom stereocenters. The van der Waals surface area contributed by atoms with Crippen LogP contribution in [0.15, 0.2) is 24.4 Å². The molecule has 0 amide bonds. The number of aromatic nitrogens is 3. The van der Waals surface area contributed by atoms with Crippen molar-refractivity contribution in [1.82, 2.24) is 15.0 Å². The van der Waals surface area contributed by atoms with Crippen molar-refractivity contribution in [1.29, 1.82) is 0 Å². The third-order valence-corrected chi connectivity index (χ3v) is 2.43. The highest BCUT2D eigenvalue weighted by Gasteiger charge is 2.05. The molecule has 17 heavy (non-hydrogen) atoms. The van der Waals surface area contributed by atoms with E-state index in [9.17, 15) is 4.39 Å². The molecule has 6 heteroatoms. The number of nitrogens with one attached hydrogen (secondary N) is 1. The highest BCUT2D eigenvalue weighted by Crippen LogP contribution is 2.25. The highest BCUT2D eigenvalue weighted by molar-refractivity contribution is 5.56. The van der Waals surface area contributed by atoms with Gasteiger partial charge in [0.05, 0.1) is 31.2 Å². The van der Waals surface area contributed by atoms with Crippen LogP contribution in [0.4, 0.5) is 10.1 Å². The summed E-state index contributed by atoms with van der Waals surface area (Å²) in [4.78, 5) is 0. The van der Waals surface area contributed by atoms with Crippen LogP contribution in [0.25, 0.3) is 0 Å². The minimum atomic E-state index is -0.324. The van der Waals surface area contributed by atoms with Crippen molar-refractivity contribution >= 4 is 5.69 Å². The van der Waals surface area contributed by atoms with Crippen molar-refractivity contribution in [2.45, 2.75) is 6.54 Å². The molecule has 0 unspecified atom stereocenters. The molecule has 0 spiro atoms. The molecule has 5 nitrogen and oxygen atoms in total. The van der Waals surface area contributed by atoms with Crippen molar-refractivity contribution in [2.75, 3.05) is 12.4 Å².